The number of methoxy groups -OCH3 is 1. The number of aromatic nitrogens is 1. The van der Waals surface area contributed by atoms with E-state index in [9.17, 15) is 4.79 Å². The van der Waals surface area contributed by atoms with E-state index in [0.717, 1.165) is 21.3 Å². The van der Waals surface area contributed by atoms with Crippen molar-refractivity contribution in [1.82, 2.24) is 4.98 Å². The zero-order valence-corrected chi connectivity index (χ0v) is 13.1. The van der Waals surface area contributed by atoms with E-state index in [-0.39, 0.29) is 5.91 Å². The first-order valence-electron chi connectivity index (χ1n) is 6.10. The van der Waals surface area contributed by atoms with Gasteiger partial charge < -0.3 is 10.1 Å². The Morgan fingerprint density at radius 3 is 2.65 bits per heavy atom. The lowest BCUT2D eigenvalue weighted by atomic mass is 10.0. The molecule has 5 heteroatoms. The smallest absolute Gasteiger partial charge is 0.257 e. The quantitative estimate of drug-likeness (QED) is 0.930. The van der Waals surface area contributed by atoms with Crippen LogP contribution < -0.4 is 10.1 Å². The second-order valence-corrected chi connectivity index (χ2v) is 5.29. The number of anilines is 1. The number of hydrogen-bond donors (Lipinski definition) is 1. The SMILES string of the molecule is COc1ccc(C(=O)Nc2cc(Br)ccn2)c(C)c1C. The van der Waals surface area contributed by atoms with Gasteiger partial charge in [0.05, 0.1) is 7.11 Å². The number of hydrogen-bond acceptors (Lipinski definition) is 3. The summed E-state index contributed by atoms with van der Waals surface area (Å²) >= 11 is 3.35. The minimum atomic E-state index is -0.182. The molecule has 2 rings (SSSR count). The average molecular weight is 335 g/mol. The maximum absolute atomic E-state index is 12.3. The molecule has 0 spiro atoms. The highest BCUT2D eigenvalue weighted by Crippen LogP contribution is 2.24. The van der Waals surface area contributed by atoms with Crippen molar-refractivity contribution in [2.45, 2.75) is 13.8 Å². The number of amides is 1. The molecule has 0 aliphatic carbocycles. The Balaban J connectivity index is 2.28. The lowest BCUT2D eigenvalue weighted by Gasteiger charge is -2.12. The molecule has 0 aliphatic rings. The first kappa shape index (κ1) is 14.5. The lowest BCUT2D eigenvalue weighted by molar-refractivity contribution is 0.102. The summed E-state index contributed by atoms with van der Waals surface area (Å²) in [4.78, 5) is 16.4. The van der Waals surface area contributed by atoms with Gasteiger partial charge in [0.15, 0.2) is 0 Å². The lowest BCUT2D eigenvalue weighted by Crippen LogP contribution is -2.15. The van der Waals surface area contributed by atoms with Gasteiger partial charge in [0.25, 0.3) is 5.91 Å². The first-order chi connectivity index (χ1) is 9.52. The molecule has 0 saturated carbocycles. The fourth-order valence-corrected chi connectivity index (χ4v) is 2.25. The molecule has 2 aromatic rings. The number of ether oxygens (including phenoxy) is 1. The fraction of sp³-hybridized carbons (Fsp3) is 0.200. The van der Waals surface area contributed by atoms with Crippen LogP contribution in [0.25, 0.3) is 0 Å². The van der Waals surface area contributed by atoms with Crippen molar-refractivity contribution >= 4 is 27.7 Å². The monoisotopic (exact) mass is 334 g/mol. The molecule has 1 aromatic carbocycles. The average Bonchev–Trinajstić information content (AvgIpc) is 2.41. The van der Waals surface area contributed by atoms with Crippen LogP contribution in [0.4, 0.5) is 5.82 Å². The molecular weight excluding hydrogens is 320 g/mol. The molecule has 0 saturated heterocycles. The zero-order chi connectivity index (χ0) is 14.7. The van der Waals surface area contributed by atoms with Crippen LogP contribution in [0.1, 0.15) is 21.5 Å². The van der Waals surface area contributed by atoms with E-state index in [1.807, 2.05) is 13.8 Å². The molecule has 1 N–H and O–H groups in total. The van der Waals surface area contributed by atoms with Gasteiger partial charge in [-0.2, -0.15) is 0 Å². The fourth-order valence-electron chi connectivity index (χ4n) is 1.92. The van der Waals surface area contributed by atoms with E-state index in [1.54, 1.807) is 37.6 Å². The molecule has 0 radical (unpaired) electrons. The van der Waals surface area contributed by atoms with Crippen molar-refractivity contribution in [1.29, 1.82) is 0 Å². The van der Waals surface area contributed by atoms with Crippen LogP contribution in [0.2, 0.25) is 0 Å². The van der Waals surface area contributed by atoms with Gasteiger partial charge >= 0.3 is 0 Å². The van der Waals surface area contributed by atoms with Crippen molar-refractivity contribution in [2.24, 2.45) is 0 Å². The molecule has 0 aliphatic heterocycles. The van der Waals surface area contributed by atoms with Crippen molar-refractivity contribution in [2.75, 3.05) is 12.4 Å². The normalized spacial score (nSPS) is 10.2. The molecular formula is C15H15BrN2O2. The van der Waals surface area contributed by atoms with Crippen molar-refractivity contribution < 1.29 is 9.53 Å². The number of nitrogens with zero attached hydrogens (tertiary/aromatic N) is 1. The minimum absolute atomic E-state index is 0.182. The summed E-state index contributed by atoms with van der Waals surface area (Å²) in [6.07, 6.45) is 1.63. The third-order valence-corrected chi connectivity index (χ3v) is 3.66. The van der Waals surface area contributed by atoms with Gasteiger partial charge in [0.2, 0.25) is 0 Å². The van der Waals surface area contributed by atoms with Crippen LogP contribution in [0.15, 0.2) is 34.9 Å². The van der Waals surface area contributed by atoms with Gasteiger partial charge in [-0.15, -0.1) is 0 Å². The molecule has 1 heterocycles. The highest BCUT2D eigenvalue weighted by atomic mass is 79.9. The summed E-state index contributed by atoms with van der Waals surface area (Å²) < 4.78 is 6.11. The van der Waals surface area contributed by atoms with Crippen molar-refractivity contribution in [3.05, 3.63) is 51.6 Å². The van der Waals surface area contributed by atoms with E-state index in [4.69, 9.17) is 4.74 Å². The van der Waals surface area contributed by atoms with Gasteiger partial charge in [-0.1, -0.05) is 15.9 Å². The van der Waals surface area contributed by atoms with Crippen molar-refractivity contribution in [3.8, 4) is 5.75 Å². The molecule has 0 atom stereocenters. The van der Waals surface area contributed by atoms with Crippen LogP contribution in [0.3, 0.4) is 0 Å². The summed E-state index contributed by atoms with van der Waals surface area (Å²) in [5, 5.41) is 2.78. The molecule has 4 nitrogen and oxygen atoms in total. The number of nitrogens with one attached hydrogen (secondary N) is 1. The topological polar surface area (TPSA) is 51.2 Å². The van der Waals surface area contributed by atoms with Crippen LogP contribution >= 0.6 is 15.9 Å². The molecule has 0 unspecified atom stereocenters. The number of carbonyl (C=O) groups excluding carboxylic acids is 1. The summed E-state index contributed by atoms with van der Waals surface area (Å²) in [6, 6.07) is 7.11. The van der Waals surface area contributed by atoms with Crippen LogP contribution in [0.5, 0.6) is 5.75 Å². The summed E-state index contributed by atoms with van der Waals surface area (Å²) in [6.45, 7) is 3.84. The van der Waals surface area contributed by atoms with E-state index in [0.29, 0.717) is 11.4 Å². The maximum atomic E-state index is 12.3. The maximum Gasteiger partial charge on any atom is 0.257 e. The van der Waals surface area contributed by atoms with E-state index in [2.05, 4.69) is 26.2 Å². The predicted octanol–water partition coefficient (Wildman–Crippen LogP) is 3.72. The largest absolute Gasteiger partial charge is 0.496 e. The third-order valence-electron chi connectivity index (χ3n) is 3.17. The molecule has 0 fully saturated rings. The number of halogens is 1. The van der Waals surface area contributed by atoms with E-state index < -0.39 is 0 Å². The van der Waals surface area contributed by atoms with Gasteiger partial charge in [0, 0.05) is 16.2 Å². The van der Waals surface area contributed by atoms with Crippen LogP contribution in [-0.4, -0.2) is 18.0 Å². The van der Waals surface area contributed by atoms with Gasteiger partial charge in [-0.25, -0.2) is 4.98 Å². The van der Waals surface area contributed by atoms with Gasteiger partial charge in [-0.3, -0.25) is 4.79 Å². The van der Waals surface area contributed by atoms with Gasteiger partial charge in [0.1, 0.15) is 11.6 Å². The zero-order valence-electron chi connectivity index (χ0n) is 11.5. The number of benzene rings is 1. The minimum Gasteiger partial charge on any atom is -0.496 e. The Morgan fingerprint density at radius 1 is 1.25 bits per heavy atom. The molecule has 1 amide bonds. The standard InChI is InChI=1S/C15H15BrN2O2/c1-9-10(2)13(20-3)5-4-12(9)15(19)18-14-8-11(16)6-7-17-14/h4-8H,1-3H3,(H,17,18,19). The number of carbonyl (C=O) groups is 1. The molecule has 20 heavy (non-hydrogen) atoms. The van der Waals surface area contributed by atoms with Crippen LogP contribution in [-0.2, 0) is 0 Å². The van der Waals surface area contributed by atoms with E-state index >= 15 is 0 Å². The second-order valence-electron chi connectivity index (χ2n) is 4.38. The highest BCUT2D eigenvalue weighted by molar-refractivity contribution is 9.10. The van der Waals surface area contributed by atoms with Gasteiger partial charge in [-0.05, 0) is 49.2 Å². The molecule has 1 aromatic heterocycles. The Kier molecular flexibility index (Phi) is 4.39. The number of rotatable bonds is 3. The van der Waals surface area contributed by atoms with E-state index in [1.165, 1.54) is 0 Å². The van der Waals surface area contributed by atoms with Crippen molar-refractivity contribution in [3.63, 3.8) is 0 Å². The third kappa shape index (κ3) is 2.99. The Morgan fingerprint density at radius 2 is 2.00 bits per heavy atom. The van der Waals surface area contributed by atoms with Crippen LogP contribution in [0, 0.1) is 13.8 Å². The summed E-state index contributed by atoms with van der Waals surface area (Å²) in [5.74, 6) is 1.11. The Hall–Kier alpha value is -1.88. The summed E-state index contributed by atoms with van der Waals surface area (Å²) in [5.41, 5.74) is 2.48. The second kappa shape index (κ2) is 6.05. The highest BCUT2D eigenvalue weighted by Gasteiger charge is 2.13. The molecule has 0 bridgehead atoms. The Bertz CT molecular complexity index is 656. The first-order valence-corrected chi connectivity index (χ1v) is 6.89. The number of pyridine rings is 1. The summed E-state index contributed by atoms with van der Waals surface area (Å²) in [7, 11) is 1.62. The predicted molar refractivity (Wildman–Crippen MR) is 82.4 cm³/mol. The Labute approximate surface area is 126 Å². The molecule has 104 valence electrons.